The molecule has 0 atom stereocenters. The van der Waals surface area contributed by atoms with Gasteiger partial charge in [-0.2, -0.15) is 9.90 Å². The maximum atomic E-state index is 10.6. The number of nitro benzene ring substituents is 1. The van der Waals surface area contributed by atoms with Gasteiger partial charge in [0.05, 0.1) is 16.8 Å². The fourth-order valence-corrected chi connectivity index (χ4v) is 1.97. The molecule has 1 heterocycles. The molecule has 104 valence electrons. The van der Waals surface area contributed by atoms with E-state index in [9.17, 15) is 10.1 Å². The van der Waals surface area contributed by atoms with Crippen molar-refractivity contribution in [2.45, 2.75) is 0 Å². The van der Waals surface area contributed by atoms with Crippen LogP contribution in [-0.4, -0.2) is 19.9 Å². The zero-order valence-electron chi connectivity index (χ0n) is 10.7. The Morgan fingerprint density at radius 3 is 2.33 bits per heavy atom. The van der Waals surface area contributed by atoms with E-state index in [-0.39, 0.29) is 5.69 Å². The first-order valence-electron chi connectivity index (χ1n) is 6.06. The van der Waals surface area contributed by atoms with E-state index in [0.717, 1.165) is 11.3 Å². The molecule has 0 saturated carbocycles. The number of benzene rings is 2. The van der Waals surface area contributed by atoms with E-state index in [1.807, 2.05) is 12.1 Å². The molecule has 0 N–H and O–H groups in total. The molecule has 6 nitrogen and oxygen atoms in total. The molecule has 0 radical (unpaired) electrons. The molecule has 2 aromatic carbocycles. The van der Waals surface area contributed by atoms with Crippen molar-refractivity contribution in [3.8, 4) is 16.9 Å². The SMILES string of the molecule is O=[N+]([O-])c1ccc(-c2cnn(-c3ccc(Cl)cc3)n2)cc1. The standard InChI is InChI=1S/C14H9ClN4O2/c15-11-3-7-12(8-4-11)18-16-9-14(17-18)10-1-5-13(6-2-10)19(20)21/h1-9H. The van der Waals surface area contributed by atoms with Gasteiger partial charge in [0.1, 0.15) is 5.69 Å². The summed E-state index contributed by atoms with van der Waals surface area (Å²) in [5, 5.41) is 19.8. The number of hydrogen-bond donors (Lipinski definition) is 0. The van der Waals surface area contributed by atoms with Gasteiger partial charge < -0.3 is 0 Å². The van der Waals surface area contributed by atoms with Gasteiger partial charge in [0, 0.05) is 22.7 Å². The minimum atomic E-state index is -0.436. The van der Waals surface area contributed by atoms with Crippen molar-refractivity contribution in [3.63, 3.8) is 0 Å². The van der Waals surface area contributed by atoms with E-state index in [1.165, 1.54) is 16.9 Å². The average Bonchev–Trinajstić information content (AvgIpc) is 2.98. The Bertz CT molecular complexity index is 781. The summed E-state index contributed by atoms with van der Waals surface area (Å²) < 4.78 is 0. The van der Waals surface area contributed by atoms with Crippen molar-refractivity contribution in [1.29, 1.82) is 0 Å². The summed E-state index contributed by atoms with van der Waals surface area (Å²) in [6.07, 6.45) is 1.61. The van der Waals surface area contributed by atoms with Crippen LogP contribution in [0.15, 0.2) is 54.7 Å². The van der Waals surface area contributed by atoms with Crippen LogP contribution in [0.25, 0.3) is 16.9 Å². The van der Waals surface area contributed by atoms with Crippen molar-refractivity contribution < 1.29 is 4.92 Å². The number of rotatable bonds is 3. The largest absolute Gasteiger partial charge is 0.269 e. The van der Waals surface area contributed by atoms with Crippen LogP contribution in [0, 0.1) is 10.1 Å². The van der Waals surface area contributed by atoms with E-state index < -0.39 is 4.92 Å². The molecule has 0 spiro atoms. The molecule has 21 heavy (non-hydrogen) atoms. The zero-order chi connectivity index (χ0) is 14.8. The predicted octanol–water partition coefficient (Wildman–Crippen LogP) is 3.50. The second kappa shape index (κ2) is 5.34. The minimum Gasteiger partial charge on any atom is -0.258 e. The first-order chi connectivity index (χ1) is 10.1. The monoisotopic (exact) mass is 300 g/mol. The summed E-state index contributed by atoms with van der Waals surface area (Å²) in [7, 11) is 0. The maximum absolute atomic E-state index is 10.6. The lowest BCUT2D eigenvalue weighted by molar-refractivity contribution is -0.384. The van der Waals surface area contributed by atoms with Crippen molar-refractivity contribution in [3.05, 3.63) is 69.9 Å². The molecule has 0 aliphatic rings. The molecule has 0 aliphatic carbocycles. The third-order valence-corrected chi connectivity index (χ3v) is 3.18. The Kier molecular flexibility index (Phi) is 3.37. The van der Waals surface area contributed by atoms with E-state index in [0.29, 0.717) is 10.7 Å². The normalized spacial score (nSPS) is 10.5. The van der Waals surface area contributed by atoms with E-state index in [1.54, 1.807) is 30.5 Å². The first kappa shape index (κ1) is 13.3. The third kappa shape index (κ3) is 2.75. The lowest BCUT2D eigenvalue weighted by Gasteiger charge is -1.99. The number of nitrogens with zero attached hydrogens (tertiary/aromatic N) is 4. The Morgan fingerprint density at radius 2 is 1.71 bits per heavy atom. The quantitative estimate of drug-likeness (QED) is 0.548. The van der Waals surface area contributed by atoms with Crippen LogP contribution in [0.5, 0.6) is 0 Å². The average molecular weight is 301 g/mol. The van der Waals surface area contributed by atoms with Gasteiger partial charge in [0.25, 0.3) is 5.69 Å². The van der Waals surface area contributed by atoms with Crippen LogP contribution in [0.4, 0.5) is 5.69 Å². The minimum absolute atomic E-state index is 0.0452. The summed E-state index contributed by atoms with van der Waals surface area (Å²) in [4.78, 5) is 11.7. The topological polar surface area (TPSA) is 73.8 Å². The second-order valence-electron chi connectivity index (χ2n) is 4.30. The fourth-order valence-electron chi connectivity index (χ4n) is 1.85. The van der Waals surface area contributed by atoms with Crippen LogP contribution in [-0.2, 0) is 0 Å². The molecule has 0 aliphatic heterocycles. The van der Waals surface area contributed by atoms with Crippen molar-refractivity contribution in [1.82, 2.24) is 15.0 Å². The lowest BCUT2D eigenvalue weighted by atomic mass is 10.1. The van der Waals surface area contributed by atoms with Gasteiger partial charge in [-0.05, 0) is 36.4 Å². The van der Waals surface area contributed by atoms with Gasteiger partial charge in [-0.1, -0.05) is 11.6 Å². The van der Waals surface area contributed by atoms with E-state index in [4.69, 9.17) is 11.6 Å². The third-order valence-electron chi connectivity index (χ3n) is 2.92. The number of hydrogen-bond acceptors (Lipinski definition) is 4. The highest BCUT2D eigenvalue weighted by Gasteiger charge is 2.08. The molecule has 0 unspecified atom stereocenters. The lowest BCUT2D eigenvalue weighted by Crippen LogP contribution is -1.98. The predicted molar refractivity (Wildman–Crippen MR) is 78.5 cm³/mol. The number of nitro groups is 1. The Labute approximate surface area is 124 Å². The van der Waals surface area contributed by atoms with E-state index in [2.05, 4.69) is 10.2 Å². The van der Waals surface area contributed by atoms with Gasteiger partial charge in [0.2, 0.25) is 0 Å². The van der Waals surface area contributed by atoms with Gasteiger partial charge in [0.15, 0.2) is 0 Å². The highest BCUT2D eigenvalue weighted by atomic mass is 35.5. The van der Waals surface area contributed by atoms with Gasteiger partial charge in [-0.3, -0.25) is 10.1 Å². The number of halogens is 1. The summed E-state index contributed by atoms with van der Waals surface area (Å²) in [6, 6.07) is 13.3. The zero-order valence-corrected chi connectivity index (χ0v) is 11.4. The first-order valence-corrected chi connectivity index (χ1v) is 6.44. The van der Waals surface area contributed by atoms with Crippen molar-refractivity contribution in [2.75, 3.05) is 0 Å². The van der Waals surface area contributed by atoms with Gasteiger partial charge >= 0.3 is 0 Å². The molecule has 3 rings (SSSR count). The van der Waals surface area contributed by atoms with Gasteiger partial charge in [-0.25, -0.2) is 0 Å². The summed E-state index contributed by atoms with van der Waals surface area (Å²) in [5.74, 6) is 0. The Morgan fingerprint density at radius 1 is 1.05 bits per heavy atom. The molecule has 1 aromatic heterocycles. The van der Waals surface area contributed by atoms with Crippen molar-refractivity contribution >= 4 is 17.3 Å². The summed E-state index contributed by atoms with van der Waals surface area (Å²) in [5.41, 5.74) is 2.23. The maximum Gasteiger partial charge on any atom is 0.269 e. The van der Waals surface area contributed by atoms with Gasteiger partial charge in [-0.15, -0.1) is 5.10 Å². The van der Waals surface area contributed by atoms with E-state index >= 15 is 0 Å². The smallest absolute Gasteiger partial charge is 0.258 e. The summed E-state index contributed by atoms with van der Waals surface area (Å²) in [6.45, 7) is 0. The highest BCUT2D eigenvalue weighted by molar-refractivity contribution is 6.30. The molecule has 0 amide bonds. The number of non-ortho nitro benzene ring substituents is 1. The van der Waals surface area contributed by atoms with Crippen LogP contribution < -0.4 is 0 Å². The Balaban J connectivity index is 1.90. The number of aromatic nitrogens is 3. The molecule has 0 bridgehead atoms. The molecule has 3 aromatic rings. The molecular weight excluding hydrogens is 292 g/mol. The molecule has 7 heteroatoms. The van der Waals surface area contributed by atoms with Crippen LogP contribution >= 0.6 is 11.6 Å². The van der Waals surface area contributed by atoms with Crippen LogP contribution in [0.3, 0.4) is 0 Å². The van der Waals surface area contributed by atoms with Crippen molar-refractivity contribution in [2.24, 2.45) is 0 Å². The second-order valence-corrected chi connectivity index (χ2v) is 4.74. The van der Waals surface area contributed by atoms with Crippen LogP contribution in [0.2, 0.25) is 5.02 Å². The van der Waals surface area contributed by atoms with Crippen LogP contribution in [0.1, 0.15) is 0 Å². The molecular formula is C14H9ClN4O2. The Hall–Kier alpha value is -2.73. The molecule has 0 fully saturated rings. The molecule has 0 saturated heterocycles. The fraction of sp³-hybridized carbons (Fsp3) is 0. The summed E-state index contributed by atoms with van der Waals surface area (Å²) >= 11 is 5.84. The highest BCUT2D eigenvalue weighted by Crippen LogP contribution is 2.21.